The monoisotopic (exact) mass is 505 g/mol. The van der Waals surface area contributed by atoms with Crippen molar-refractivity contribution in [1.29, 1.82) is 0 Å². The van der Waals surface area contributed by atoms with E-state index in [0.717, 1.165) is 75.4 Å². The first-order valence-corrected chi connectivity index (χ1v) is 14.1. The highest BCUT2D eigenvalue weighted by Gasteiger charge is 2.32. The predicted molar refractivity (Wildman–Crippen MR) is 142 cm³/mol. The maximum absolute atomic E-state index is 13.9. The van der Waals surface area contributed by atoms with E-state index in [0.29, 0.717) is 11.4 Å². The number of piperidine rings is 2. The van der Waals surface area contributed by atoms with Gasteiger partial charge >= 0.3 is 0 Å². The van der Waals surface area contributed by atoms with Gasteiger partial charge in [-0.1, -0.05) is 12.1 Å². The van der Waals surface area contributed by atoms with Crippen LogP contribution in [-0.4, -0.2) is 68.7 Å². The Morgan fingerprint density at radius 3 is 2.61 bits per heavy atom. The summed E-state index contributed by atoms with van der Waals surface area (Å²) in [5, 5.41) is 0. The Kier molecular flexibility index (Phi) is 6.80. The lowest BCUT2D eigenvalue weighted by Gasteiger charge is -2.38. The molecule has 0 unspecified atom stereocenters. The van der Waals surface area contributed by atoms with Crippen LogP contribution in [0.15, 0.2) is 53.6 Å². The first-order chi connectivity index (χ1) is 17.7. The normalized spacial score (nSPS) is 20.2. The molecule has 0 aliphatic carbocycles. The van der Waals surface area contributed by atoms with Crippen LogP contribution in [0.4, 0.5) is 4.39 Å². The summed E-state index contributed by atoms with van der Waals surface area (Å²) < 4.78 is 16.2. The van der Waals surface area contributed by atoms with Gasteiger partial charge in [0, 0.05) is 49.6 Å². The molecular formula is C28H32FN5OS. The molecule has 5 heterocycles. The number of pyridine rings is 1. The summed E-state index contributed by atoms with van der Waals surface area (Å²) in [6.07, 6.45) is 8.95. The van der Waals surface area contributed by atoms with Crippen molar-refractivity contribution in [2.24, 2.45) is 5.92 Å². The summed E-state index contributed by atoms with van der Waals surface area (Å²) in [6.45, 7) is 4.56. The number of carbonyl (C=O) groups excluding carboxylic acids is 1. The number of imidazole rings is 1. The van der Waals surface area contributed by atoms with Gasteiger partial charge in [0.2, 0.25) is 5.91 Å². The second-order valence-electron chi connectivity index (χ2n) is 10.1. The van der Waals surface area contributed by atoms with Crippen LogP contribution in [0.25, 0.3) is 22.6 Å². The van der Waals surface area contributed by atoms with E-state index in [1.165, 1.54) is 29.2 Å². The molecule has 2 saturated heterocycles. The minimum atomic E-state index is -0.287. The zero-order valence-electron chi connectivity index (χ0n) is 20.5. The van der Waals surface area contributed by atoms with Crippen LogP contribution >= 0.6 is 11.8 Å². The Morgan fingerprint density at radius 1 is 1.06 bits per heavy atom. The third kappa shape index (κ3) is 4.81. The molecule has 0 radical (unpaired) electrons. The highest BCUT2D eigenvalue weighted by Crippen LogP contribution is 2.34. The van der Waals surface area contributed by atoms with Crippen LogP contribution in [0.2, 0.25) is 0 Å². The molecule has 6 rings (SSSR count). The van der Waals surface area contributed by atoms with Gasteiger partial charge in [-0.2, -0.15) is 0 Å². The van der Waals surface area contributed by atoms with Gasteiger partial charge in [0.05, 0.1) is 11.0 Å². The van der Waals surface area contributed by atoms with Crippen LogP contribution < -0.4 is 0 Å². The molecule has 2 aromatic heterocycles. The predicted octanol–water partition coefficient (Wildman–Crippen LogP) is 5.13. The van der Waals surface area contributed by atoms with E-state index in [4.69, 9.17) is 4.98 Å². The van der Waals surface area contributed by atoms with Gasteiger partial charge in [0.15, 0.2) is 5.82 Å². The molecule has 8 heteroatoms. The van der Waals surface area contributed by atoms with Gasteiger partial charge in [-0.05, 0) is 74.4 Å². The number of halogens is 1. The van der Waals surface area contributed by atoms with Crippen molar-refractivity contribution in [1.82, 2.24) is 24.3 Å². The first-order valence-electron chi connectivity index (χ1n) is 13.1. The molecule has 2 fully saturated rings. The molecule has 0 N–H and O–H groups in total. The average molecular weight is 506 g/mol. The lowest BCUT2D eigenvalue weighted by atomic mass is 9.93. The van der Waals surface area contributed by atoms with Gasteiger partial charge < -0.3 is 9.47 Å². The number of thioether (sulfide) groups is 1. The SMILES string of the molecule is O=C(C1CCN(CC2=CCCS2)CC1)N1CCC(n2c(-c3ccccn3)nc3cc(F)ccc32)CC1. The van der Waals surface area contributed by atoms with Gasteiger partial charge in [-0.3, -0.25) is 14.7 Å². The van der Waals surface area contributed by atoms with Gasteiger partial charge in [-0.25, -0.2) is 9.37 Å². The second kappa shape index (κ2) is 10.3. The summed E-state index contributed by atoms with van der Waals surface area (Å²) >= 11 is 1.98. The number of carbonyl (C=O) groups is 1. The second-order valence-corrected chi connectivity index (χ2v) is 11.3. The Morgan fingerprint density at radius 2 is 1.89 bits per heavy atom. The van der Waals surface area contributed by atoms with Gasteiger partial charge in [0.1, 0.15) is 11.5 Å². The summed E-state index contributed by atoms with van der Waals surface area (Å²) in [6, 6.07) is 10.8. The lowest BCUT2D eigenvalue weighted by Crippen LogP contribution is -2.45. The van der Waals surface area contributed by atoms with E-state index < -0.39 is 0 Å². The van der Waals surface area contributed by atoms with Crippen LogP contribution in [0.5, 0.6) is 0 Å². The number of benzene rings is 1. The largest absolute Gasteiger partial charge is 0.342 e. The fourth-order valence-corrected chi connectivity index (χ4v) is 6.86. The number of fused-ring (bicyclic) bond motifs is 1. The summed E-state index contributed by atoms with van der Waals surface area (Å²) in [5.41, 5.74) is 2.35. The van der Waals surface area contributed by atoms with E-state index in [-0.39, 0.29) is 17.8 Å². The Labute approximate surface area is 215 Å². The number of hydrogen-bond acceptors (Lipinski definition) is 5. The number of amides is 1. The lowest BCUT2D eigenvalue weighted by molar-refractivity contribution is -0.138. The number of hydrogen-bond donors (Lipinski definition) is 0. The fraction of sp³-hybridized carbons (Fsp3) is 0.464. The molecule has 1 amide bonds. The minimum Gasteiger partial charge on any atom is -0.342 e. The summed E-state index contributed by atoms with van der Waals surface area (Å²) in [7, 11) is 0. The number of rotatable bonds is 5. The minimum absolute atomic E-state index is 0.143. The standard InChI is InChI=1S/C28H32FN5OS/c29-21-6-7-26-25(18-21)31-27(24-5-1-2-12-30-24)34(26)22-10-15-33(16-11-22)28(35)20-8-13-32(14-9-20)19-23-4-3-17-36-23/h1-2,4-7,12,18,20,22H,3,8-11,13-17,19H2. The number of aromatic nitrogens is 3. The van der Waals surface area contributed by atoms with E-state index in [1.54, 1.807) is 6.20 Å². The van der Waals surface area contributed by atoms with Crippen LogP contribution in [0.3, 0.4) is 0 Å². The van der Waals surface area contributed by atoms with Crippen molar-refractivity contribution < 1.29 is 9.18 Å². The summed E-state index contributed by atoms with van der Waals surface area (Å²) in [4.78, 5) is 28.7. The highest BCUT2D eigenvalue weighted by molar-refractivity contribution is 8.03. The summed E-state index contributed by atoms with van der Waals surface area (Å²) in [5.74, 6) is 2.16. The molecule has 1 aromatic carbocycles. The third-order valence-corrected chi connectivity index (χ3v) is 8.89. The van der Waals surface area contributed by atoms with E-state index in [9.17, 15) is 9.18 Å². The molecule has 36 heavy (non-hydrogen) atoms. The van der Waals surface area contributed by atoms with E-state index >= 15 is 0 Å². The number of nitrogens with zero attached hydrogens (tertiary/aromatic N) is 5. The molecule has 0 bridgehead atoms. The van der Waals surface area contributed by atoms with Crippen molar-refractivity contribution in [3.63, 3.8) is 0 Å². The van der Waals surface area contributed by atoms with E-state index in [1.807, 2.05) is 36.0 Å². The maximum Gasteiger partial charge on any atom is 0.225 e. The number of likely N-dealkylation sites (tertiary alicyclic amines) is 2. The van der Waals surface area contributed by atoms with Crippen LogP contribution in [0.1, 0.15) is 38.1 Å². The number of allylic oxidation sites excluding steroid dienone is 1. The van der Waals surface area contributed by atoms with Crippen LogP contribution in [0, 0.1) is 11.7 Å². The Balaban J connectivity index is 1.12. The maximum atomic E-state index is 13.9. The molecular weight excluding hydrogens is 473 g/mol. The zero-order valence-corrected chi connectivity index (χ0v) is 21.3. The molecule has 3 aliphatic heterocycles. The quantitative estimate of drug-likeness (QED) is 0.481. The molecule has 0 saturated carbocycles. The van der Waals surface area contributed by atoms with Crippen molar-refractivity contribution in [2.75, 3.05) is 38.5 Å². The van der Waals surface area contributed by atoms with Crippen molar-refractivity contribution in [2.45, 2.75) is 38.1 Å². The van der Waals surface area contributed by atoms with Gasteiger partial charge in [-0.15, -0.1) is 11.8 Å². The van der Waals surface area contributed by atoms with Gasteiger partial charge in [0.25, 0.3) is 0 Å². The van der Waals surface area contributed by atoms with E-state index in [2.05, 4.69) is 25.4 Å². The molecule has 3 aromatic rings. The van der Waals surface area contributed by atoms with Crippen molar-refractivity contribution in [3.8, 4) is 11.5 Å². The fourth-order valence-electron chi connectivity index (χ4n) is 5.86. The third-order valence-electron chi connectivity index (χ3n) is 7.78. The Hall–Kier alpha value is -2.71. The average Bonchev–Trinajstić information content (AvgIpc) is 3.57. The first kappa shape index (κ1) is 23.7. The van der Waals surface area contributed by atoms with Crippen molar-refractivity contribution >= 4 is 28.7 Å². The van der Waals surface area contributed by atoms with Crippen LogP contribution in [-0.2, 0) is 4.79 Å². The Bertz CT molecular complexity index is 1260. The molecule has 0 atom stereocenters. The topological polar surface area (TPSA) is 54.3 Å². The zero-order chi connectivity index (χ0) is 24.5. The molecule has 0 spiro atoms. The molecule has 3 aliphatic rings. The molecule has 6 nitrogen and oxygen atoms in total. The smallest absolute Gasteiger partial charge is 0.225 e. The van der Waals surface area contributed by atoms with Crippen molar-refractivity contribution in [3.05, 3.63) is 59.4 Å². The molecule has 188 valence electrons. The highest BCUT2D eigenvalue weighted by atomic mass is 32.2.